The molecule has 1 N–H and O–H groups in total. The Kier molecular flexibility index (Phi) is 4.54. The van der Waals surface area contributed by atoms with Crippen molar-refractivity contribution in [1.82, 2.24) is 0 Å². The average Bonchev–Trinajstić information content (AvgIpc) is 3.03. The number of hydrogen-bond donors (Lipinski definition) is 1. The number of carbonyl (C=O) groups excluding carboxylic acids is 1. The second-order valence-electron chi connectivity index (χ2n) is 4.51. The molecule has 23 heavy (non-hydrogen) atoms. The van der Waals surface area contributed by atoms with E-state index in [1.807, 2.05) is 6.07 Å². The van der Waals surface area contributed by atoms with E-state index in [4.69, 9.17) is 28.9 Å². The minimum atomic E-state index is -1.05. The van der Waals surface area contributed by atoms with Gasteiger partial charge >= 0.3 is 5.97 Å². The Hall–Kier alpha value is -1.67. The zero-order valence-corrected chi connectivity index (χ0v) is 14.6. The van der Waals surface area contributed by atoms with Crippen molar-refractivity contribution >= 4 is 74.9 Å². The molecule has 0 atom stereocenters. The lowest BCUT2D eigenvalue weighted by atomic mass is 10.2. The lowest BCUT2D eigenvalue weighted by molar-refractivity contribution is -0.113. The molecule has 1 fully saturated rings. The van der Waals surface area contributed by atoms with Crippen LogP contribution in [0.2, 0.25) is 4.34 Å². The number of carboxylic acid groups (broad SMARTS) is 1. The van der Waals surface area contributed by atoms with Crippen LogP contribution in [0.25, 0.3) is 6.08 Å². The van der Waals surface area contributed by atoms with Gasteiger partial charge in [-0.3, -0.25) is 9.69 Å². The maximum Gasteiger partial charge on any atom is 0.335 e. The number of halogens is 1. The quantitative estimate of drug-likeness (QED) is 0.626. The molecular formula is C15H8ClNO3S3. The number of carbonyl (C=O) groups is 2. The van der Waals surface area contributed by atoms with E-state index in [0.717, 1.165) is 4.88 Å². The van der Waals surface area contributed by atoms with E-state index in [1.54, 1.807) is 24.3 Å². The summed E-state index contributed by atoms with van der Waals surface area (Å²) in [4.78, 5) is 26.3. The topological polar surface area (TPSA) is 57.6 Å². The van der Waals surface area contributed by atoms with Gasteiger partial charge in [0, 0.05) is 4.88 Å². The largest absolute Gasteiger partial charge is 0.478 e. The van der Waals surface area contributed by atoms with Crippen LogP contribution in [0.5, 0.6) is 0 Å². The first-order chi connectivity index (χ1) is 11.0. The molecule has 1 saturated heterocycles. The molecular weight excluding hydrogens is 374 g/mol. The molecule has 0 unspecified atom stereocenters. The first kappa shape index (κ1) is 16.2. The van der Waals surface area contributed by atoms with E-state index < -0.39 is 5.97 Å². The molecule has 116 valence electrons. The van der Waals surface area contributed by atoms with E-state index in [-0.39, 0.29) is 11.5 Å². The van der Waals surface area contributed by atoms with E-state index in [0.29, 0.717) is 19.2 Å². The Morgan fingerprint density at radius 3 is 2.74 bits per heavy atom. The van der Waals surface area contributed by atoms with Crippen LogP contribution in [0.1, 0.15) is 15.2 Å². The van der Waals surface area contributed by atoms with Crippen molar-refractivity contribution in [2.45, 2.75) is 0 Å². The second-order valence-corrected chi connectivity index (χ2v) is 7.94. The Balaban J connectivity index is 1.94. The fraction of sp³-hybridized carbons (Fsp3) is 0. The maximum absolute atomic E-state index is 12.6. The van der Waals surface area contributed by atoms with Crippen LogP contribution in [0.3, 0.4) is 0 Å². The minimum Gasteiger partial charge on any atom is -0.478 e. The van der Waals surface area contributed by atoms with Crippen molar-refractivity contribution in [2.75, 3.05) is 4.90 Å². The summed E-state index contributed by atoms with van der Waals surface area (Å²) < 4.78 is 1.01. The fourth-order valence-electron chi connectivity index (χ4n) is 2.00. The summed E-state index contributed by atoms with van der Waals surface area (Å²) in [5.74, 6) is -1.33. The third-order valence-electron chi connectivity index (χ3n) is 3.01. The van der Waals surface area contributed by atoms with Gasteiger partial charge in [0.25, 0.3) is 5.91 Å². The molecule has 1 aliphatic heterocycles. The highest BCUT2D eigenvalue weighted by atomic mass is 35.5. The van der Waals surface area contributed by atoms with Crippen LogP contribution in [-0.2, 0) is 4.79 Å². The highest BCUT2D eigenvalue weighted by molar-refractivity contribution is 8.27. The number of carboxylic acids is 1. The summed E-state index contributed by atoms with van der Waals surface area (Å²) in [6, 6.07) is 9.72. The van der Waals surface area contributed by atoms with Crippen molar-refractivity contribution in [2.24, 2.45) is 0 Å². The predicted molar refractivity (Wildman–Crippen MR) is 98.4 cm³/mol. The Labute approximate surface area is 150 Å². The smallest absolute Gasteiger partial charge is 0.335 e. The maximum atomic E-state index is 12.6. The van der Waals surface area contributed by atoms with Crippen LogP contribution >= 0.6 is 46.9 Å². The van der Waals surface area contributed by atoms with Gasteiger partial charge in [-0.2, -0.15) is 0 Å². The summed E-state index contributed by atoms with van der Waals surface area (Å²) in [7, 11) is 0. The van der Waals surface area contributed by atoms with Crippen LogP contribution in [0.4, 0.5) is 5.69 Å². The molecule has 4 nitrogen and oxygen atoms in total. The van der Waals surface area contributed by atoms with Gasteiger partial charge in [-0.1, -0.05) is 41.6 Å². The molecule has 8 heteroatoms. The zero-order valence-electron chi connectivity index (χ0n) is 11.4. The van der Waals surface area contributed by atoms with E-state index >= 15 is 0 Å². The molecule has 0 saturated carbocycles. The van der Waals surface area contributed by atoms with Gasteiger partial charge in [-0.05, 0) is 36.4 Å². The predicted octanol–water partition coefficient (Wildman–Crippen LogP) is 4.51. The number of thiophene rings is 1. The summed E-state index contributed by atoms with van der Waals surface area (Å²) in [5.41, 5.74) is 0.547. The second kappa shape index (κ2) is 6.45. The number of rotatable bonds is 3. The number of anilines is 1. The Morgan fingerprint density at radius 1 is 1.30 bits per heavy atom. The highest BCUT2D eigenvalue weighted by Gasteiger charge is 2.33. The van der Waals surface area contributed by atoms with Gasteiger partial charge in [-0.25, -0.2) is 4.79 Å². The number of hydrogen-bond acceptors (Lipinski definition) is 5. The van der Waals surface area contributed by atoms with Crippen molar-refractivity contribution in [3.63, 3.8) is 0 Å². The monoisotopic (exact) mass is 381 g/mol. The molecule has 2 aromatic rings. The molecule has 0 spiro atoms. The van der Waals surface area contributed by atoms with Gasteiger partial charge in [0.1, 0.15) is 0 Å². The first-order valence-electron chi connectivity index (χ1n) is 6.32. The molecule has 1 aromatic carbocycles. The summed E-state index contributed by atoms with van der Waals surface area (Å²) in [5, 5.41) is 9.07. The molecule has 2 heterocycles. The molecule has 3 rings (SSSR count). The first-order valence-corrected chi connectivity index (χ1v) is 8.74. The molecule has 0 radical (unpaired) electrons. The SMILES string of the molecule is O=C(O)c1cccc(N2C(=O)/C(=C/c3ccc(Cl)s3)SC2=S)c1. The van der Waals surface area contributed by atoms with Crippen molar-refractivity contribution in [3.05, 3.63) is 56.1 Å². The third kappa shape index (κ3) is 3.32. The number of aromatic carboxylic acids is 1. The number of amides is 1. The van der Waals surface area contributed by atoms with Crippen LogP contribution < -0.4 is 4.90 Å². The fourth-order valence-corrected chi connectivity index (χ4v) is 4.37. The summed E-state index contributed by atoms with van der Waals surface area (Å²) in [6.07, 6.45) is 1.73. The number of thiocarbonyl (C=S) groups is 1. The van der Waals surface area contributed by atoms with Gasteiger partial charge in [0.2, 0.25) is 0 Å². The molecule has 0 aliphatic carbocycles. The van der Waals surface area contributed by atoms with Crippen molar-refractivity contribution < 1.29 is 14.7 Å². The zero-order chi connectivity index (χ0) is 16.6. The number of nitrogens with zero attached hydrogens (tertiary/aromatic N) is 1. The van der Waals surface area contributed by atoms with Crippen LogP contribution in [-0.4, -0.2) is 21.3 Å². The van der Waals surface area contributed by atoms with E-state index in [9.17, 15) is 9.59 Å². The minimum absolute atomic E-state index is 0.102. The normalized spacial score (nSPS) is 16.4. The summed E-state index contributed by atoms with van der Waals surface area (Å²) >= 11 is 13.7. The third-order valence-corrected chi connectivity index (χ3v) is 5.49. The molecule has 1 amide bonds. The summed E-state index contributed by atoms with van der Waals surface area (Å²) in [6.45, 7) is 0. The lowest BCUT2D eigenvalue weighted by Crippen LogP contribution is -2.27. The number of thioether (sulfide) groups is 1. The van der Waals surface area contributed by atoms with Gasteiger partial charge in [-0.15, -0.1) is 11.3 Å². The average molecular weight is 382 g/mol. The lowest BCUT2D eigenvalue weighted by Gasteiger charge is -2.14. The van der Waals surface area contributed by atoms with E-state index in [1.165, 1.54) is 40.1 Å². The molecule has 0 bridgehead atoms. The van der Waals surface area contributed by atoms with Gasteiger partial charge < -0.3 is 5.11 Å². The van der Waals surface area contributed by atoms with Crippen LogP contribution in [0.15, 0.2) is 41.3 Å². The Bertz CT molecular complexity index is 859. The van der Waals surface area contributed by atoms with Gasteiger partial charge in [0.05, 0.1) is 20.5 Å². The van der Waals surface area contributed by atoms with E-state index in [2.05, 4.69) is 0 Å². The molecule has 1 aromatic heterocycles. The Morgan fingerprint density at radius 2 is 2.09 bits per heavy atom. The van der Waals surface area contributed by atoms with Gasteiger partial charge in [0.15, 0.2) is 4.32 Å². The van der Waals surface area contributed by atoms with Crippen LogP contribution in [0, 0.1) is 0 Å². The molecule has 1 aliphatic rings. The van der Waals surface area contributed by atoms with Crippen molar-refractivity contribution in [3.8, 4) is 0 Å². The highest BCUT2D eigenvalue weighted by Crippen LogP contribution is 2.37. The van der Waals surface area contributed by atoms with Crippen molar-refractivity contribution in [1.29, 1.82) is 0 Å². The number of benzene rings is 1. The standard InChI is InChI=1S/C15H8ClNO3S3/c16-12-5-4-10(22-12)7-11-13(18)17(15(21)23-11)9-3-1-2-8(6-9)14(19)20/h1-7H,(H,19,20)/b11-7-.